The van der Waals surface area contributed by atoms with E-state index in [1.807, 2.05) is 12.1 Å². The summed E-state index contributed by atoms with van der Waals surface area (Å²) in [6.07, 6.45) is 2.37. The highest BCUT2D eigenvalue weighted by Gasteiger charge is 2.05. The summed E-state index contributed by atoms with van der Waals surface area (Å²) < 4.78 is 13.3. The third-order valence-electron chi connectivity index (χ3n) is 2.42. The fourth-order valence-electron chi connectivity index (χ4n) is 1.53. The minimum atomic E-state index is -1.07. The van der Waals surface area contributed by atoms with E-state index in [4.69, 9.17) is 16.7 Å². The van der Waals surface area contributed by atoms with Crippen LogP contribution in [0.3, 0.4) is 0 Å². The molecule has 0 aliphatic carbocycles. The van der Waals surface area contributed by atoms with Crippen molar-refractivity contribution in [1.82, 2.24) is 0 Å². The van der Waals surface area contributed by atoms with Crippen LogP contribution < -0.4 is 0 Å². The minimum absolute atomic E-state index is 0.407. The average molecular weight is 309 g/mol. The molecule has 2 aromatic rings. The van der Waals surface area contributed by atoms with Crippen LogP contribution >= 0.6 is 23.4 Å². The van der Waals surface area contributed by atoms with Crippen molar-refractivity contribution < 1.29 is 14.3 Å². The lowest BCUT2D eigenvalue weighted by atomic mass is 10.2. The first-order valence-corrected chi connectivity index (χ1v) is 6.88. The van der Waals surface area contributed by atoms with Gasteiger partial charge in [0.2, 0.25) is 0 Å². The van der Waals surface area contributed by atoms with Crippen LogP contribution in [0, 0.1) is 5.82 Å². The molecule has 0 unspecified atom stereocenters. The molecule has 2 nitrogen and oxygen atoms in total. The summed E-state index contributed by atoms with van der Waals surface area (Å²) in [5.41, 5.74) is 0.521. The van der Waals surface area contributed by atoms with E-state index in [1.165, 1.54) is 30.0 Å². The van der Waals surface area contributed by atoms with Gasteiger partial charge in [0.1, 0.15) is 5.82 Å². The summed E-state index contributed by atoms with van der Waals surface area (Å²) in [6, 6.07) is 11.5. The van der Waals surface area contributed by atoms with Crippen molar-refractivity contribution in [3.8, 4) is 0 Å². The summed E-state index contributed by atoms with van der Waals surface area (Å²) in [4.78, 5) is 12.3. The van der Waals surface area contributed by atoms with Crippen molar-refractivity contribution in [3.63, 3.8) is 0 Å². The Morgan fingerprint density at radius 2 is 1.90 bits per heavy atom. The van der Waals surface area contributed by atoms with E-state index in [0.29, 0.717) is 10.6 Å². The predicted molar refractivity (Wildman–Crippen MR) is 78.6 cm³/mol. The highest BCUT2D eigenvalue weighted by Crippen LogP contribution is 2.32. The van der Waals surface area contributed by atoms with Crippen LogP contribution in [0.25, 0.3) is 6.08 Å². The van der Waals surface area contributed by atoms with Crippen molar-refractivity contribution in [2.24, 2.45) is 0 Å². The normalized spacial score (nSPS) is 10.9. The molecule has 0 saturated carbocycles. The summed E-state index contributed by atoms with van der Waals surface area (Å²) in [5, 5.41) is 9.29. The van der Waals surface area contributed by atoms with E-state index in [1.54, 1.807) is 18.2 Å². The van der Waals surface area contributed by atoms with E-state index in [0.717, 1.165) is 15.9 Å². The zero-order chi connectivity index (χ0) is 14.5. The first kappa shape index (κ1) is 14.6. The predicted octanol–water partition coefficient (Wildman–Crippen LogP) is 4.73. The summed E-state index contributed by atoms with van der Waals surface area (Å²) in [6.45, 7) is 0. The molecule has 2 aromatic carbocycles. The van der Waals surface area contributed by atoms with Crippen molar-refractivity contribution in [3.05, 3.63) is 64.9 Å². The third kappa shape index (κ3) is 4.11. The third-order valence-corrected chi connectivity index (χ3v) is 3.77. The molecular formula is C15H10ClFO2S. The standard InChI is InChI=1S/C15H10ClFO2S/c16-11-2-5-13(6-3-11)20-14-7-4-12(17)9-10(14)1-8-15(18)19/h1-9H,(H,18,19). The van der Waals surface area contributed by atoms with E-state index in [2.05, 4.69) is 0 Å². The number of benzene rings is 2. The van der Waals surface area contributed by atoms with Crippen LogP contribution in [0.15, 0.2) is 58.3 Å². The van der Waals surface area contributed by atoms with Crippen LogP contribution in [-0.2, 0) is 4.79 Å². The Labute approximate surface area is 124 Å². The van der Waals surface area contributed by atoms with Gasteiger partial charge in [-0.25, -0.2) is 9.18 Å². The van der Waals surface area contributed by atoms with Gasteiger partial charge in [0.05, 0.1) is 0 Å². The van der Waals surface area contributed by atoms with Crippen molar-refractivity contribution >= 4 is 35.4 Å². The number of hydrogen-bond donors (Lipinski definition) is 1. The summed E-state index contributed by atoms with van der Waals surface area (Å²) in [5.74, 6) is -1.48. The molecule has 0 aliphatic rings. The number of halogens is 2. The van der Waals surface area contributed by atoms with Crippen LogP contribution in [0.2, 0.25) is 5.02 Å². The Morgan fingerprint density at radius 1 is 1.20 bits per heavy atom. The Bertz CT molecular complexity index is 653. The molecule has 0 radical (unpaired) electrons. The number of aliphatic carboxylic acids is 1. The van der Waals surface area contributed by atoms with E-state index < -0.39 is 11.8 Å². The van der Waals surface area contributed by atoms with Gasteiger partial charge in [-0.2, -0.15) is 0 Å². The fourth-order valence-corrected chi connectivity index (χ4v) is 2.57. The second kappa shape index (κ2) is 6.59. The topological polar surface area (TPSA) is 37.3 Å². The maximum Gasteiger partial charge on any atom is 0.328 e. The molecule has 5 heteroatoms. The first-order valence-electron chi connectivity index (χ1n) is 5.68. The second-order valence-corrected chi connectivity index (χ2v) is 5.46. The molecule has 102 valence electrons. The molecule has 0 saturated heterocycles. The van der Waals surface area contributed by atoms with Gasteiger partial charge >= 0.3 is 5.97 Å². The van der Waals surface area contributed by atoms with Gasteiger partial charge in [-0.1, -0.05) is 23.4 Å². The first-order chi connectivity index (χ1) is 9.54. The molecule has 0 heterocycles. The van der Waals surface area contributed by atoms with Gasteiger partial charge in [0, 0.05) is 20.9 Å². The van der Waals surface area contributed by atoms with Crippen molar-refractivity contribution in [2.45, 2.75) is 9.79 Å². The molecule has 2 rings (SSSR count). The molecule has 0 aromatic heterocycles. The lowest BCUT2D eigenvalue weighted by molar-refractivity contribution is -0.131. The number of carboxylic acid groups (broad SMARTS) is 1. The molecule has 0 fully saturated rings. The molecule has 0 bridgehead atoms. The zero-order valence-corrected chi connectivity index (χ0v) is 11.8. The number of carbonyl (C=O) groups is 1. The van der Waals surface area contributed by atoms with Gasteiger partial charge in [-0.15, -0.1) is 0 Å². The Kier molecular flexibility index (Phi) is 4.82. The van der Waals surface area contributed by atoms with Crippen LogP contribution in [0.1, 0.15) is 5.56 Å². The van der Waals surface area contributed by atoms with Crippen LogP contribution in [0.4, 0.5) is 4.39 Å². The fraction of sp³-hybridized carbons (Fsp3) is 0. The highest BCUT2D eigenvalue weighted by atomic mass is 35.5. The SMILES string of the molecule is O=C(O)C=Cc1cc(F)ccc1Sc1ccc(Cl)cc1. The Balaban J connectivity index is 2.30. The van der Waals surface area contributed by atoms with Gasteiger partial charge in [0.25, 0.3) is 0 Å². The Hall–Kier alpha value is -1.78. The molecule has 0 spiro atoms. The minimum Gasteiger partial charge on any atom is -0.478 e. The molecule has 20 heavy (non-hydrogen) atoms. The average Bonchev–Trinajstić information content (AvgIpc) is 2.41. The molecular weight excluding hydrogens is 299 g/mol. The molecule has 1 N–H and O–H groups in total. The highest BCUT2D eigenvalue weighted by molar-refractivity contribution is 7.99. The smallest absolute Gasteiger partial charge is 0.328 e. The molecule has 0 amide bonds. The van der Waals surface area contributed by atoms with Crippen molar-refractivity contribution in [2.75, 3.05) is 0 Å². The van der Waals surface area contributed by atoms with Crippen LogP contribution in [0.5, 0.6) is 0 Å². The monoisotopic (exact) mass is 308 g/mol. The quantitative estimate of drug-likeness (QED) is 0.830. The van der Waals surface area contributed by atoms with Gasteiger partial charge in [-0.3, -0.25) is 0 Å². The maximum atomic E-state index is 13.3. The Morgan fingerprint density at radius 3 is 2.55 bits per heavy atom. The van der Waals surface area contributed by atoms with Gasteiger partial charge in [-0.05, 0) is 54.1 Å². The number of rotatable bonds is 4. The van der Waals surface area contributed by atoms with Gasteiger partial charge < -0.3 is 5.11 Å². The van der Waals surface area contributed by atoms with E-state index >= 15 is 0 Å². The zero-order valence-electron chi connectivity index (χ0n) is 10.2. The maximum absolute atomic E-state index is 13.3. The number of carboxylic acids is 1. The second-order valence-electron chi connectivity index (χ2n) is 3.91. The lowest BCUT2D eigenvalue weighted by Gasteiger charge is -2.06. The van der Waals surface area contributed by atoms with Crippen molar-refractivity contribution in [1.29, 1.82) is 0 Å². The van der Waals surface area contributed by atoms with Gasteiger partial charge in [0.15, 0.2) is 0 Å². The van der Waals surface area contributed by atoms with Crippen LogP contribution in [-0.4, -0.2) is 11.1 Å². The molecule has 0 aliphatic heterocycles. The van der Waals surface area contributed by atoms with E-state index in [-0.39, 0.29) is 0 Å². The summed E-state index contributed by atoms with van der Waals surface area (Å²) >= 11 is 7.23. The summed E-state index contributed by atoms with van der Waals surface area (Å²) in [7, 11) is 0. The number of hydrogen-bond acceptors (Lipinski definition) is 2. The van der Waals surface area contributed by atoms with E-state index in [9.17, 15) is 9.18 Å². The largest absolute Gasteiger partial charge is 0.478 e. The molecule has 0 atom stereocenters. The lowest BCUT2D eigenvalue weighted by Crippen LogP contribution is -1.88.